The van der Waals surface area contributed by atoms with Crippen LogP contribution in [0.15, 0.2) is 95.9 Å². The Hall–Kier alpha value is -3.56. The first-order valence-corrected chi connectivity index (χ1v) is 17.7. The normalized spacial score (nSPS) is 12.1. The molecule has 0 fully saturated rings. The van der Waals surface area contributed by atoms with E-state index in [0.717, 1.165) is 21.0 Å². The van der Waals surface area contributed by atoms with Crippen molar-refractivity contribution in [2.45, 2.75) is 51.6 Å². The van der Waals surface area contributed by atoms with Crippen LogP contribution >= 0.6 is 34.8 Å². The summed E-state index contributed by atoms with van der Waals surface area (Å²) in [4.78, 5) is 29.9. The van der Waals surface area contributed by atoms with Crippen LogP contribution in [-0.2, 0) is 32.6 Å². The zero-order valence-electron chi connectivity index (χ0n) is 26.7. The van der Waals surface area contributed by atoms with Crippen molar-refractivity contribution in [1.29, 1.82) is 0 Å². The molecule has 1 N–H and O–H groups in total. The quantitative estimate of drug-likeness (QED) is 0.153. The van der Waals surface area contributed by atoms with E-state index in [2.05, 4.69) is 5.32 Å². The van der Waals surface area contributed by atoms with E-state index in [4.69, 9.17) is 34.8 Å². The summed E-state index contributed by atoms with van der Waals surface area (Å²) in [6.45, 7) is 7.39. The number of amides is 2. The maximum atomic E-state index is 14.6. The summed E-state index contributed by atoms with van der Waals surface area (Å²) in [5.74, 6) is -0.835. The molecule has 7 nitrogen and oxygen atoms in total. The van der Waals surface area contributed by atoms with Crippen LogP contribution in [0.3, 0.4) is 0 Å². The van der Waals surface area contributed by atoms with E-state index in [1.54, 1.807) is 36.4 Å². The lowest BCUT2D eigenvalue weighted by Crippen LogP contribution is -2.53. The van der Waals surface area contributed by atoms with Crippen LogP contribution < -0.4 is 9.62 Å². The van der Waals surface area contributed by atoms with Crippen molar-refractivity contribution in [3.05, 3.63) is 128 Å². The Morgan fingerprint density at radius 3 is 2.04 bits per heavy atom. The molecule has 4 aromatic carbocycles. The Labute approximate surface area is 292 Å². The predicted molar refractivity (Wildman–Crippen MR) is 191 cm³/mol. The van der Waals surface area contributed by atoms with E-state index in [9.17, 15) is 18.0 Å². The lowest BCUT2D eigenvalue weighted by Gasteiger charge is -2.34. The van der Waals surface area contributed by atoms with Gasteiger partial charge in [0.15, 0.2) is 0 Å². The van der Waals surface area contributed by atoms with Gasteiger partial charge in [0, 0.05) is 40.1 Å². The van der Waals surface area contributed by atoms with E-state index < -0.39 is 28.5 Å². The van der Waals surface area contributed by atoms with Crippen molar-refractivity contribution in [2.24, 2.45) is 5.92 Å². The van der Waals surface area contributed by atoms with Gasteiger partial charge in [0.2, 0.25) is 11.8 Å². The first-order chi connectivity index (χ1) is 22.3. The molecule has 0 unspecified atom stereocenters. The molecule has 0 saturated carbocycles. The highest BCUT2D eigenvalue weighted by Gasteiger charge is 2.35. The minimum Gasteiger partial charge on any atom is -0.354 e. The van der Waals surface area contributed by atoms with Crippen LogP contribution in [-0.4, -0.2) is 44.3 Å². The Morgan fingerprint density at radius 2 is 1.45 bits per heavy atom. The largest absolute Gasteiger partial charge is 0.354 e. The topological polar surface area (TPSA) is 86.8 Å². The Kier molecular flexibility index (Phi) is 12.4. The molecule has 0 saturated heterocycles. The van der Waals surface area contributed by atoms with Crippen molar-refractivity contribution in [2.75, 3.05) is 17.4 Å². The van der Waals surface area contributed by atoms with Gasteiger partial charge >= 0.3 is 0 Å². The van der Waals surface area contributed by atoms with E-state index >= 15 is 0 Å². The molecule has 0 aliphatic rings. The fourth-order valence-corrected chi connectivity index (χ4v) is 7.02. The summed E-state index contributed by atoms with van der Waals surface area (Å²) in [6, 6.07) is 24.3. The SMILES string of the molecule is Cc1ccc(N(CC(=O)N(Cc2c(Cl)cccc2Cl)[C@H](Cc2ccccc2)C(=O)NCC(C)C)S(=O)(=O)c2ccc(Cl)cc2)cc1C. The highest BCUT2D eigenvalue weighted by molar-refractivity contribution is 7.92. The Balaban J connectivity index is 1.85. The number of rotatable bonds is 13. The maximum Gasteiger partial charge on any atom is 0.264 e. The van der Waals surface area contributed by atoms with Gasteiger partial charge in [-0.2, -0.15) is 0 Å². The number of benzene rings is 4. The van der Waals surface area contributed by atoms with Crippen LogP contribution in [0.1, 0.15) is 36.1 Å². The second kappa shape index (κ2) is 16.0. The third-order valence-electron chi connectivity index (χ3n) is 7.80. The molecule has 0 spiro atoms. The van der Waals surface area contributed by atoms with Crippen LogP contribution in [0.4, 0.5) is 5.69 Å². The number of carbonyl (C=O) groups is 2. The standard InChI is InChI=1S/C36H38Cl3N3O4S/c1-24(2)21-40-36(44)34(20-27-9-6-5-7-10-27)41(22-31-32(38)11-8-12-33(31)39)35(43)23-42(29-16-13-25(3)26(4)19-29)47(45,46)30-17-14-28(37)15-18-30/h5-19,24,34H,20-23H2,1-4H3,(H,40,44)/t34-/m1/s1. The minimum absolute atomic E-state index is 0.0378. The molecule has 0 aliphatic carbocycles. The van der Waals surface area contributed by atoms with Crippen molar-refractivity contribution in [3.63, 3.8) is 0 Å². The van der Waals surface area contributed by atoms with E-state index in [1.807, 2.05) is 58.0 Å². The molecule has 11 heteroatoms. The first kappa shape index (κ1) is 36.3. The zero-order chi connectivity index (χ0) is 34.3. The highest BCUT2D eigenvalue weighted by atomic mass is 35.5. The van der Waals surface area contributed by atoms with Crippen molar-refractivity contribution >= 4 is 62.3 Å². The van der Waals surface area contributed by atoms with Gasteiger partial charge in [-0.3, -0.25) is 13.9 Å². The van der Waals surface area contributed by atoms with Gasteiger partial charge in [-0.15, -0.1) is 0 Å². The molecule has 248 valence electrons. The molecule has 0 aromatic heterocycles. The molecule has 0 radical (unpaired) electrons. The maximum absolute atomic E-state index is 14.6. The van der Waals surface area contributed by atoms with Crippen LogP contribution in [0.25, 0.3) is 0 Å². The van der Waals surface area contributed by atoms with E-state index in [1.165, 1.54) is 29.2 Å². The van der Waals surface area contributed by atoms with E-state index in [-0.39, 0.29) is 29.7 Å². The molecule has 0 heterocycles. The van der Waals surface area contributed by atoms with Gasteiger partial charge in [0.25, 0.3) is 10.0 Å². The molecule has 0 aliphatic heterocycles. The average molecular weight is 715 g/mol. The number of hydrogen-bond acceptors (Lipinski definition) is 4. The second-order valence-electron chi connectivity index (χ2n) is 11.8. The highest BCUT2D eigenvalue weighted by Crippen LogP contribution is 2.30. The molecule has 47 heavy (non-hydrogen) atoms. The third kappa shape index (κ3) is 9.29. The number of aryl methyl sites for hydroxylation is 2. The Bertz CT molecular complexity index is 1800. The molecule has 0 bridgehead atoms. The number of carbonyl (C=O) groups excluding carboxylic acids is 2. The monoisotopic (exact) mass is 713 g/mol. The smallest absolute Gasteiger partial charge is 0.264 e. The van der Waals surface area contributed by atoms with Gasteiger partial charge in [0.1, 0.15) is 12.6 Å². The summed E-state index contributed by atoms with van der Waals surface area (Å²) in [5, 5.41) is 3.97. The zero-order valence-corrected chi connectivity index (χ0v) is 29.8. The molecular weight excluding hydrogens is 677 g/mol. The Morgan fingerprint density at radius 1 is 0.809 bits per heavy atom. The summed E-state index contributed by atoms with van der Waals surface area (Å²) in [7, 11) is -4.27. The lowest BCUT2D eigenvalue weighted by atomic mass is 10.0. The summed E-state index contributed by atoms with van der Waals surface area (Å²) in [5.41, 5.74) is 3.37. The summed E-state index contributed by atoms with van der Waals surface area (Å²) >= 11 is 19.2. The van der Waals surface area contributed by atoms with E-state index in [0.29, 0.717) is 32.9 Å². The molecule has 2 amide bonds. The number of nitrogens with one attached hydrogen (secondary N) is 1. The minimum atomic E-state index is -4.27. The summed E-state index contributed by atoms with van der Waals surface area (Å²) in [6.07, 6.45) is 0.173. The van der Waals surface area contributed by atoms with Gasteiger partial charge in [-0.25, -0.2) is 8.42 Å². The number of hydrogen-bond donors (Lipinski definition) is 1. The van der Waals surface area contributed by atoms with Gasteiger partial charge in [-0.05, 0) is 85.0 Å². The molecule has 1 atom stereocenters. The second-order valence-corrected chi connectivity index (χ2v) is 14.9. The van der Waals surface area contributed by atoms with Crippen LogP contribution in [0, 0.1) is 19.8 Å². The number of nitrogens with zero attached hydrogens (tertiary/aromatic N) is 2. The molecule has 4 rings (SSSR count). The van der Waals surface area contributed by atoms with Crippen LogP contribution in [0.2, 0.25) is 15.1 Å². The third-order valence-corrected chi connectivity index (χ3v) is 10.6. The van der Waals surface area contributed by atoms with Gasteiger partial charge in [-0.1, -0.05) is 91.1 Å². The molecular formula is C36H38Cl3N3O4S. The number of sulfonamides is 1. The number of halogens is 3. The van der Waals surface area contributed by atoms with Crippen molar-refractivity contribution in [3.8, 4) is 0 Å². The van der Waals surface area contributed by atoms with Gasteiger partial charge in [0.05, 0.1) is 10.6 Å². The lowest BCUT2D eigenvalue weighted by molar-refractivity contribution is -0.140. The fourth-order valence-electron chi connectivity index (χ4n) is 4.97. The van der Waals surface area contributed by atoms with Gasteiger partial charge < -0.3 is 10.2 Å². The number of anilines is 1. The summed E-state index contributed by atoms with van der Waals surface area (Å²) < 4.78 is 29.5. The van der Waals surface area contributed by atoms with Crippen LogP contribution in [0.5, 0.6) is 0 Å². The molecule has 4 aromatic rings. The first-order valence-electron chi connectivity index (χ1n) is 15.2. The average Bonchev–Trinajstić information content (AvgIpc) is 3.03. The predicted octanol–water partition coefficient (Wildman–Crippen LogP) is 7.87. The van der Waals surface area contributed by atoms with Crippen molar-refractivity contribution < 1.29 is 18.0 Å². The van der Waals surface area contributed by atoms with Crippen molar-refractivity contribution in [1.82, 2.24) is 10.2 Å². The fraction of sp³-hybridized carbons (Fsp3) is 0.278.